The molecule has 0 aliphatic carbocycles. The van der Waals surface area contributed by atoms with Crippen molar-refractivity contribution in [2.24, 2.45) is 0 Å². The Morgan fingerprint density at radius 3 is 2.46 bits per heavy atom. The van der Waals surface area contributed by atoms with E-state index < -0.39 is 5.60 Å². The highest BCUT2D eigenvalue weighted by molar-refractivity contribution is 5.88. The monoisotopic (exact) mass is 495 g/mol. The van der Waals surface area contributed by atoms with Crippen LogP contribution < -0.4 is 4.90 Å². The maximum absolute atomic E-state index is 11.9. The van der Waals surface area contributed by atoms with Crippen molar-refractivity contribution in [1.82, 2.24) is 24.3 Å². The Morgan fingerprint density at radius 2 is 1.81 bits per heavy atom. The van der Waals surface area contributed by atoms with E-state index in [1.165, 1.54) is 6.08 Å². The lowest BCUT2D eigenvalue weighted by molar-refractivity contribution is -0.126. The van der Waals surface area contributed by atoms with Gasteiger partial charge in [0.15, 0.2) is 0 Å². The smallest absolute Gasteiger partial charge is 0.246 e. The molecule has 0 spiro atoms. The summed E-state index contributed by atoms with van der Waals surface area (Å²) in [6.07, 6.45) is 8.51. The Morgan fingerprint density at radius 1 is 1.08 bits per heavy atom. The summed E-state index contributed by atoms with van der Waals surface area (Å²) in [5.41, 5.74) is 5.13. The molecule has 0 bridgehead atoms. The largest absolute Gasteiger partial charge is 0.389 e. The number of piperazine rings is 1. The van der Waals surface area contributed by atoms with E-state index in [0.29, 0.717) is 25.2 Å². The van der Waals surface area contributed by atoms with Crippen LogP contribution in [0.5, 0.6) is 0 Å². The number of anilines is 1. The standard InChI is InChI=1S/C28H29N7O2/c1-4-26(36)33-11-9-32(10-12-33)24-7-5-20(6-8-24)25-13-21(18-35-27(25)22(14-29)15-31-35)23-16-30-34(17-23)19-28(2,3)37/h4-8,13,15-18,37H,1,9-12,19H2,2-3H3. The van der Waals surface area contributed by atoms with Crippen LogP contribution in [0.1, 0.15) is 19.4 Å². The molecular weight excluding hydrogens is 466 g/mol. The highest BCUT2D eigenvalue weighted by atomic mass is 16.3. The molecule has 9 heteroatoms. The Bertz CT molecular complexity index is 1490. The molecule has 37 heavy (non-hydrogen) atoms. The fraction of sp³-hybridized carbons (Fsp3) is 0.286. The van der Waals surface area contributed by atoms with Crippen molar-refractivity contribution < 1.29 is 9.90 Å². The normalized spacial score (nSPS) is 14.1. The molecule has 4 heterocycles. The van der Waals surface area contributed by atoms with Crippen molar-refractivity contribution in [2.75, 3.05) is 31.1 Å². The van der Waals surface area contributed by atoms with Crippen LogP contribution in [0.2, 0.25) is 0 Å². The zero-order chi connectivity index (χ0) is 26.2. The molecule has 1 aliphatic rings. The average Bonchev–Trinajstić information content (AvgIpc) is 3.53. The van der Waals surface area contributed by atoms with Crippen LogP contribution in [0.4, 0.5) is 5.69 Å². The molecule has 0 radical (unpaired) electrons. The van der Waals surface area contributed by atoms with Crippen LogP contribution in [0.25, 0.3) is 27.8 Å². The van der Waals surface area contributed by atoms with E-state index in [4.69, 9.17) is 0 Å². The minimum absolute atomic E-state index is 0.0291. The van der Waals surface area contributed by atoms with Gasteiger partial charge < -0.3 is 14.9 Å². The van der Waals surface area contributed by atoms with Gasteiger partial charge in [0.2, 0.25) is 5.91 Å². The summed E-state index contributed by atoms with van der Waals surface area (Å²) in [4.78, 5) is 16.0. The Labute approximate surface area is 215 Å². The summed E-state index contributed by atoms with van der Waals surface area (Å²) in [6.45, 7) is 10.3. The molecule has 1 N–H and O–H groups in total. The van der Waals surface area contributed by atoms with E-state index in [1.54, 1.807) is 35.4 Å². The molecule has 0 atom stereocenters. The summed E-state index contributed by atoms with van der Waals surface area (Å²) in [7, 11) is 0. The third-order valence-corrected chi connectivity index (χ3v) is 6.56. The van der Waals surface area contributed by atoms with Gasteiger partial charge in [0, 0.05) is 61.0 Å². The van der Waals surface area contributed by atoms with Gasteiger partial charge in [-0.2, -0.15) is 15.5 Å². The first-order valence-corrected chi connectivity index (χ1v) is 12.2. The second-order valence-electron chi connectivity index (χ2n) is 9.91. The fourth-order valence-corrected chi connectivity index (χ4v) is 4.74. The van der Waals surface area contributed by atoms with Gasteiger partial charge in [0.1, 0.15) is 6.07 Å². The summed E-state index contributed by atoms with van der Waals surface area (Å²) >= 11 is 0. The van der Waals surface area contributed by atoms with Gasteiger partial charge in [-0.25, -0.2) is 4.52 Å². The third kappa shape index (κ3) is 4.97. The molecule has 9 nitrogen and oxygen atoms in total. The topological polar surface area (TPSA) is 103 Å². The number of aromatic nitrogens is 4. The SMILES string of the molecule is C=CC(=O)N1CCN(c2ccc(-c3cc(-c4cnn(CC(C)(C)O)c4)cn4ncc(C#N)c34)cc2)CC1. The summed E-state index contributed by atoms with van der Waals surface area (Å²) < 4.78 is 3.46. The first-order chi connectivity index (χ1) is 17.8. The zero-order valence-electron chi connectivity index (χ0n) is 21.0. The number of nitriles is 1. The maximum Gasteiger partial charge on any atom is 0.246 e. The van der Waals surface area contributed by atoms with Crippen LogP contribution >= 0.6 is 0 Å². The predicted molar refractivity (Wildman–Crippen MR) is 142 cm³/mol. The third-order valence-electron chi connectivity index (χ3n) is 6.56. The number of pyridine rings is 1. The van der Waals surface area contributed by atoms with E-state index in [1.807, 2.05) is 17.3 Å². The second kappa shape index (κ2) is 9.56. The number of amides is 1. The Balaban J connectivity index is 1.47. The first kappa shape index (κ1) is 24.3. The minimum atomic E-state index is -0.877. The molecule has 1 amide bonds. The molecule has 4 aromatic rings. The van der Waals surface area contributed by atoms with E-state index in [2.05, 4.69) is 58.1 Å². The number of aliphatic hydroxyl groups is 1. The van der Waals surface area contributed by atoms with E-state index >= 15 is 0 Å². The van der Waals surface area contributed by atoms with Gasteiger partial charge >= 0.3 is 0 Å². The maximum atomic E-state index is 11.9. The van der Waals surface area contributed by atoms with Gasteiger partial charge in [-0.15, -0.1) is 0 Å². The summed E-state index contributed by atoms with van der Waals surface area (Å²) in [5.74, 6) is -0.0291. The highest BCUT2D eigenvalue weighted by Crippen LogP contribution is 2.33. The first-order valence-electron chi connectivity index (χ1n) is 12.2. The van der Waals surface area contributed by atoms with Crippen molar-refractivity contribution >= 4 is 17.1 Å². The van der Waals surface area contributed by atoms with Crippen LogP contribution in [0.15, 0.2) is 67.8 Å². The molecule has 0 unspecified atom stereocenters. The van der Waals surface area contributed by atoms with Gasteiger partial charge in [-0.05, 0) is 43.7 Å². The molecule has 1 aliphatic heterocycles. The molecular formula is C28H29N7O2. The molecule has 3 aromatic heterocycles. The van der Waals surface area contributed by atoms with Crippen molar-refractivity contribution in [3.63, 3.8) is 0 Å². The predicted octanol–water partition coefficient (Wildman–Crippen LogP) is 3.34. The van der Waals surface area contributed by atoms with Gasteiger partial charge in [0.05, 0.1) is 35.6 Å². The number of hydrogen-bond donors (Lipinski definition) is 1. The van der Waals surface area contributed by atoms with E-state index in [9.17, 15) is 15.2 Å². The Hall–Kier alpha value is -4.42. The highest BCUT2D eigenvalue weighted by Gasteiger charge is 2.20. The number of benzene rings is 1. The quantitative estimate of drug-likeness (QED) is 0.412. The number of nitrogens with zero attached hydrogens (tertiary/aromatic N) is 7. The van der Waals surface area contributed by atoms with E-state index in [-0.39, 0.29) is 5.91 Å². The van der Waals surface area contributed by atoms with Gasteiger partial charge in [0.25, 0.3) is 0 Å². The summed E-state index contributed by atoms with van der Waals surface area (Å²) in [6, 6.07) is 12.6. The zero-order valence-corrected chi connectivity index (χ0v) is 21.0. The average molecular weight is 496 g/mol. The van der Waals surface area contributed by atoms with Crippen LogP contribution in [0.3, 0.4) is 0 Å². The fourth-order valence-electron chi connectivity index (χ4n) is 4.74. The minimum Gasteiger partial charge on any atom is -0.389 e. The number of carbonyl (C=O) groups excluding carboxylic acids is 1. The molecule has 1 fully saturated rings. The van der Waals surface area contributed by atoms with Gasteiger partial charge in [-0.3, -0.25) is 9.48 Å². The van der Waals surface area contributed by atoms with Crippen molar-refractivity contribution in [2.45, 2.75) is 26.0 Å². The van der Waals surface area contributed by atoms with Crippen molar-refractivity contribution in [3.8, 4) is 28.3 Å². The van der Waals surface area contributed by atoms with Crippen LogP contribution in [0, 0.1) is 11.3 Å². The van der Waals surface area contributed by atoms with Crippen LogP contribution in [-0.4, -0.2) is 67.1 Å². The van der Waals surface area contributed by atoms with Crippen molar-refractivity contribution in [3.05, 3.63) is 73.3 Å². The molecule has 188 valence electrons. The lowest BCUT2D eigenvalue weighted by Gasteiger charge is -2.35. The number of rotatable bonds is 6. The lowest BCUT2D eigenvalue weighted by atomic mass is 9.99. The number of carbonyl (C=O) groups is 1. The molecule has 0 saturated carbocycles. The molecule has 1 aromatic carbocycles. The number of hydrogen-bond acceptors (Lipinski definition) is 6. The molecule has 1 saturated heterocycles. The molecule has 5 rings (SSSR count). The van der Waals surface area contributed by atoms with Gasteiger partial charge in [-0.1, -0.05) is 18.7 Å². The number of fused-ring (bicyclic) bond motifs is 1. The van der Waals surface area contributed by atoms with E-state index in [0.717, 1.165) is 46.5 Å². The second-order valence-corrected chi connectivity index (χ2v) is 9.91. The van der Waals surface area contributed by atoms with Crippen molar-refractivity contribution in [1.29, 1.82) is 5.26 Å². The Kier molecular flexibility index (Phi) is 6.27. The van der Waals surface area contributed by atoms with Crippen LogP contribution in [-0.2, 0) is 11.3 Å². The lowest BCUT2D eigenvalue weighted by Crippen LogP contribution is -2.48. The summed E-state index contributed by atoms with van der Waals surface area (Å²) in [5, 5.41) is 28.7.